The van der Waals surface area contributed by atoms with Crippen LogP contribution in [-0.2, 0) is 4.84 Å². The van der Waals surface area contributed by atoms with Crippen molar-refractivity contribution in [3.8, 4) is 0 Å². The molecular weight excluding hydrogens is 258 g/mol. The third-order valence-electron chi connectivity index (χ3n) is 1.46. The van der Waals surface area contributed by atoms with Gasteiger partial charge in [-0.3, -0.25) is 10.3 Å². The number of aliphatic imine (C=N–C) groups is 1. The molecule has 1 aromatic carbocycles. The summed E-state index contributed by atoms with van der Waals surface area (Å²) in [6.45, 7) is 2.39. The van der Waals surface area contributed by atoms with Crippen LogP contribution in [0.3, 0.4) is 0 Å². The topological polar surface area (TPSA) is 33.6 Å². The van der Waals surface area contributed by atoms with E-state index in [0.29, 0.717) is 27.4 Å². The van der Waals surface area contributed by atoms with E-state index in [0.717, 1.165) is 0 Å². The fourth-order valence-electron chi connectivity index (χ4n) is 0.869. The summed E-state index contributed by atoms with van der Waals surface area (Å²) in [6, 6.07) is 3.14. The number of nitrogens with one attached hydrogen (secondary N) is 1. The zero-order chi connectivity index (χ0) is 11.3. The van der Waals surface area contributed by atoms with Gasteiger partial charge < -0.3 is 0 Å². The number of halogens is 3. The Kier molecular flexibility index (Phi) is 5.19. The van der Waals surface area contributed by atoms with E-state index < -0.39 is 0 Å². The van der Waals surface area contributed by atoms with Crippen LogP contribution in [-0.4, -0.2) is 12.9 Å². The van der Waals surface area contributed by atoms with Gasteiger partial charge in [0, 0.05) is 5.02 Å². The molecule has 0 aliphatic carbocycles. The molecule has 1 N–H and O–H groups in total. The first-order chi connectivity index (χ1) is 7.15. The monoisotopic (exact) mass is 266 g/mol. The summed E-state index contributed by atoms with van der Waals surface area (Å²) >= 11 is 17.5. The van der Waals surface area contributed by atoms with E-state index >= 15 is 0 Å². The lowest BCUT2D eigenvalue weighted by atomic mass is 10.3. The van der Waals surface area contributed by atoms with Crippen LogP contribution in [0.1, 0.15) is 6.92 Å². The second kappa shape index (κ2) is 6.18. The van der Waals surface area contributed by atoms with Gasteiger partial charge in [-0.15, -0.1) is 0 Å². The van der Waals surface area contributed by atoms with Gasteiger partial charge in [0.25, 0.3) is 0 Å². The highest BCUT2D eigenvalue weighted by molar-refractivity contribution is 6.41. The SMILES string of the molecule is CCONC=Nc1c(Cl)cc(Cl)cc1Cl. The molecule has 0 aliphatic rings. The third kappa shape index (κ3) is 3.87. The molecule has 0 heterocycles. The Balaban J connectivity index is 2.80. The molecular formula is C9H9Cl3N2O. The number of benzene rings is 1. The summed E-state index contributed by atoms with van der Waals surface area (Å²) in [5.74, 6) is 0. The van der Waals surface area contributed by atoms with Crippen LogP contribution in [0.2, 0.25) is 15.1 Å². The van der Waals surface area contributed by atoms with Crippen LogP contribution in [0, 0.1) is 0 Å². The normalized spacial score (nSPS) is 10.9. The molecule has 0 radical (unpaired) electrons. The minimum absolute atomic E-state index is 0.391. The van der Waals surface area contributed by atoms with E-state index in [1.807, 2.05) is 6.92 Å². The zero-order valence-corrected chi connectivity index (χ0v) is 10.2. The van der Waals surface area contributed by atoms with Crippen molar-refractivity contribution in [2.75, 3.05) is 6.61 Å². The second-order valence-electron chi connectivity index (χ2n) is 2.53. The summed E-state index contributed by atoms with van der Waals surface area (Å²) in [6.07, 6.45) is 1.37. The lowest BCUT2D eigenvalue weighted by Gasteiger charge is -2.02. The average Bonchev–Trinajstić information content (AvgIpc) is 2.15. The first-order valence-electron chi connectivity index (χ1n) is 4.19. The van der Waals surface area contributed by atoms with E-state index in [1.165, 1.54) is 6.34 Å². The number of rotatable bonds is 4. The van der Waals surface area contributed by atoms with Crippen molar-refractivity contribution in [2.45, 2.75) is 6.92 Å². The molecule has 0 bridgehead atoms. The minimum atomic E-state index is 0.391. The molecule has 3 nitrogen and oxygen atoms in total. The fourth-order valence-corrected chi connectivity index (χ4v) is 1.78. The molecule has 0 spiro atoms. The van der Waals surface area contributed by atoms with E-state index in [-0.39, 0.29) is 0 Å². The maximum absolute atomic E-state index is 5.90. The molecule has 0 unspecified atom stereocenters. The Bertz CT molecular complexity index is 345. The highest BCUT2D eigenvalue weighted by atomic mass is 35.5. The van der Waals surface area contributed by atoms with Crippen molar-refractivity contribution >= 4 is 46.8 Å². The summed E-state index contributed by atoms with van der Waals surface area (Å²) in [4.78, 5) is 8.85. The van der Waals surface area contributed by atoms with Crippen molar-refractivity contribution in [2.24, 2.45) is 4.99 Å². The molecule has 0 aliphatic heterocycles. The zero-order valence-electron chi connectivity index (χ0n) is 7.93. The molecule has 0 fully saturated rings. The summed E-state index contributed by atoms with van der Waals surface area (Å²) in [7, 11) is 0. The maximum atomic E-state index is 5.90. The Hall–Kier alpha value is -0.480. The van der Waals surface area contributed by atoms with Crippen LogP contribution in [0.5, 0.6) is 0 Å². The molecule has 1 rings (SSSR count). The van der Waals surface area contributed by atoms with Gasteiger partial charge in [0.15, 0.2) is 0 Å². The lowest BCUT2D eigenvalue weighted by Crippen LogP contribution is -2.10. The molecule has 15 heavy (non-hydrogen) atoms. The van der Waals surface area contributed by atoms with Gasteiger partial charge in [0.1, 0.15) is 12.0 Å². The molecule has 82 valence electrons. The highest BCUT2D eigenvalue weighted by Gasteiger charge is 2.05. The lowest BCUT2D eigenvalue weighted by molar-refractivity contribution is 0.100. The van der Waals surface area contributed by atoms with Crippen molar-refractivity contribution in [1.29, 1.82) is 0 Å². The van der Waals surface area contributed by atoms with Crippen molar-refractivity contribution in [1.82, 2.24) is 5.48 Å². The Morgan fingerprint density at radius 2 is 1.93 bits per heavy atom. The Morgan fingerprint density at radius 3 is 2.47 bits per heavy atom. The predicted octanol–water partition coefficient (Wildman–Crippen LogP) is 3.85. The minimum Gasteiger partial charge on any atom is -0.276 e. The van der Waals surface area contributed by atoms with Gasteiger partial charge >= 0.3 is 0 Å². The molecule has 0 amide bonds. The summed E-state index contributed by atoms with van der Waals surface area (Å²) in [5.41, 5.74) is 2.96. The van der Waals surface area contributed by atoms with Gasteiger partial charge in [0.05, 0.1) is 16.7 Å². The van der Waals surface area contributed by atoms with Crippen LogP contribution in [0.15, 0.2) is 17.1 Å². The number of hydroxylamine groups is 1. The quantitative estimate of drug-likeness (QED) is 0.389. The summed E-state index contributed by atoms with van der Waals surface area (Å²) in [5, 5.41) is 1.26. The van der Waals surface area contributed by atoms with E-state index in [4.69, 9.17) is 39.6 Å². The number of hydrogen-bond donors (Lipinski definition) is 1. The average molecular weight is 268 g/mol. The van der Waals surface area contributed by atoms with Crippen LogP contribution in [0.4, 0.5) is 5.69 Å². The van der Waals surface area contributed by atoms with E-state index in [9.17, 15) is 0 Å². The van der Waals surface area contributed by atoms with Crippen LogP contribution in [0.25, 0.3) is 0 Å². The molecule has 0 aromatic heterocycles. The molecule has 6 heteroatoms. The van der Waals surface area contributed by atoms with Crippen molar-refractivity contribution < 1.29 is 4.84 Å². The van der Waals surface area contributed by atoms with Gasteiger partial charge in [-0.25, -0.2) is 4.99 Å². The standard InChI is InChI=1S/C9H9Cl3N2O/c1-2-15-14-5-13-9-7(11)3-6(10)4-8(9)12/h3-5H,2H2,1H3,(H,13,14). The Morgan fingerprint density at radius 1 is 1.33 bits per heavy atom. The molecule has 0 saturated heterocycles. The van der Waals surface area contributed by atoms with Crippen molar-refractivity contribution in [3.63, 3.8) is 0 Å². The smallest absolute Gasteiger partial charge is 0.113 e. The van der Waals surface area contributed by atoms with Gasteiger partial charge in [-0.05, 0) is 19.1 Å². The molecule has 0 saturated carbocycles. The van der Waals surface area contributed by atoms with Gasteiger partial charge in [-0.1, -0.05) is 34.8 Å². The van der Waals surface area contributed by atoms with E-state index in [2.05, 4.69) is 10.5 Å². The Labute approximate surface area is 103 Å². The predicted molar refractivity (Wildman–Crippen MR) is 64.4 cm³/mol. The molecule has 0 atom stereocenters. The van der Waals surface area contributed by atoms with Crippen LogP contribution < -0.4 is 5.48 Å². The second-order valence-corrected chi connectivity index (χ2v) is 3.78. The highest BCUT2D eigenvalue weighted by Crippen LogP contribution is 2.35. The largest absolute Gasteiger partial charge is 0.276 e. The first-order valence-corrected chi connectivity index (χ1v) is 5.33. The first kappa shape index (κ1) is 12.6. The van der Waals surface area contributed by atoms with Crippen molar-refractivity contribution in [3.05, 3.63) is 27.2 Å². The van der Waals surface area contributed by atoms with Crippen LogP contribution >= 0.6 is 34.8 Å². The number of hydrogen-bond acceptors (Lipinski definition) is 2. The maximum Gasteiger partial charge on any atom is 0.113 e. The number of nitrogens with zero attached hydrogens (tertiary/aromatic N) is 1. The van der Waals surface area contributed by atoms with Gasteiger partial charge in [-0.2, -0.15) is 0 Å². The third-order valence-corrected chi connectivity index (χ3v) is 2.25. The molecule has 1 aromatic rings. The van der Waals surface area contributed by atoms with Gasteiger partial charge in [0.2, 0.25) is 0 Å². The summed E-state index contributed by atoms with van der Waals surface area (Å²) < 4.78 is 0. The fraction of sp³-hybridized carbons (Fsp3) is 0.222. The van der Waals surface area contributed by atoms with E-state index in [1.54, 1.807) is 12.1 Å².